The average Bonchev–Trinajstić information content (AvgIpc) is 1.85. The maximum absolute atomic E-state index is 3.86. The first-order valence-electron chi connectivity index (χ1n) is 3.12. The van der Waals surface area contributed by atoms with Gasteiger partial charge in [0, 0.05) is 12.4 Å². The number of nitrogens with zero attached hydrogens (tertiary/aromatic N) is 1. The molecule has 0 aromatic rings. The van der Waals surface area contributed by atoms with E-state index in [0.29, 0.717) is 0 Å². The van der Waals surface area contributed by atoms with Gasteiger partial charge in [-0.25, -0.2) is 0 Å². The highest BCUT2D eigenvalue weighted by Crippen LogP contribution is 1.89. The van der Waals surface area contributed by atoms with Crippen LogP contribution in [-0.4, -0.2) is 6.21 Å². The van der Waals surface area contributed by atoms with Crippen molar-refractivity contribution in [3.05, 3.63) is 24.4 Å². The molecule has 0 unspecified atom stereocenters. The Kier molecular flexibility index (Phi) is 4.79. The fraction of sp³-hybridized carbons (Fsp3) is 0.375. The molecule has 0 aliphatic rings. The fourth-order valence-electron chi connectivity index (χ4n) is 0.545. The molecule has 9 heavy (non-hydrogen) atoms. The summed E-state index contributed by atoms with van der Waals surface area (Å²) in [5.74, 6) is 0. The molecule has 1 nitrogen and oxygen atoms in total. The molecule has 0 saturated carbocycles. The highest BCUT2D eigenvalue weighted by molar-refractivity contribution is 5.77. The Bertz CT molecular complexity index is 132. The van der Waals surface area contributed by atoms with Crippen LogP contribution < -0.4 is 0 Å². The lowest BCUT2D eigenvalue weighted by Crippen LogP contribution is -1.74. The molecule has 0 aliphatic carbocycles. The van der Waals surface area contributed by atoms with Gasteiger partial charge >= 0.3 is 0 Å². The first-order chi connectivity index (χ1) is 4.31. The number of hydrogen-bond acceptors (Lipinski definition) is 1. The molecule has 0 spiro atoms. The third-order valence-electron chi connectivity index (χ3n) is 0.910. The van der Waals surface area contributed by atoms with Gasteiger partial charge in [0.1, 0.15) is 0 Å². The summed E-state index contributed by atoms with van der Waals surface area (Å²) in [5, 5.41) is 0. The molecule has 0 bridgehead atoms. The number of rotatable bonds is 3. The third kappa shape index (κ3) is 5.01. The molecule has 0 atom stereocenters. The summed E-state index contributed by atoms with van der Waals surface area (Å²) in [5.41, 5.74) is 1.19. The second kappa shape index (κ2) is 5.29. The Morgan fingerprint density at radius 2 is 2.33 bits per heavy atom. The Balaban J connectivity index is 3.74. The number of aliphatic imine (C=N–C) groups is 1. The van der Waals surface area contributed by atoms with Gasteiger partial charge in [-0.2, -0.15) is 0 Å². The van der Waals surface area contributed by atoms with Crippen LogP contribution in [-0.2, 0) is 0 Å². The van der Waals surface area contributed by atoms with Crippen molar-refractivity contribution in [2.75, 3.05) is 0 Å². The molecule has 0 amide bonds. The molecular formula is C8H13N. The van der Waals surface area contributed by atoms with Crippen molar-refractivity contribution >= 4 is 6.21 Å². The van der Waals surface area contributed by atoms with Crippen LogP contribution in [0.25, 0.3) is 0 Å². The Morgan fingerprint density at radius 3 is 2.78 bits per heavy atom. The topological polar surface area (TPSA) is 12.4 Å². The van der Waals surface area contributed by atoms with Crippen LogP contribution in [0.1, 0.15) is 20.3 Å². The Morgan fingerprint density at radius 1 is 1.67 bits per heavy atom. The summed E-state index contributed by atoms with van der Waals surface area (Å²) < 4.78 is 0. The summed E-state index contributed by atoms with van der Waals surface area (Å²) in [6, 6.07) is 0. The van der Waals surface area contributed by atoms with Crippen LogP contribution in [0.3, 0.4) is 0 Å². The minimum atomic E-state index is 1.06. The van der Waals surface area contributed by atoms with Crippen LogP contribution in [0, 0.1) is 0 Å². The van der Waals surface area contributed by atoms with Gasteiger partial charge in [0.25, 0.3) is 0 Å². The quantitative estimate of drug-likeness (QED) is 0.511. The smallest absolute Gasteiger partial charge is 0.0293 e. The monoisotopic (exact) mass is 123 g/mol. The van der Waals surface area contributed by atoms with Crippen LogP contribution in [0.15, 0.2) is 29.4 Å². The van der Waals surface area contributed by atoms with E-state index in [1.165, 1.54) is 11.8 Å². The van der Waals surface area contributed by atoms with E-state index in [0.717, 1.165) is 6.42 Å². The number of allylic oxidation sites excluding steroid dienone is 2. The van der Waals surface area contributed by atoms with Crippen molar-refractivity contribution < 1.29 is 0 Å². The van der Waals surface area contributed by atoms with E-state index in [4.69, 9.17) is 0 Å². The SMILES string of the molecule is C=CN=C/C(C)=C\CC. The second-order valence-corrected chi connectivity index (χ2v) is 1.82. The van der Waals surface area contributed by atoms with Crippen LogP contribution in [0.2, 0.25) is 0 Å². The largest absolute Gasteiger partial charge is 0.265 e. The van der Waals surface area contributed by atoms with Crippen LogP contribution >= 0.6 is 0 Å². The standard InChI is InChI=1S/C8H13N/c1-4-6-8(3)7-9-5-2/h5-7H,2,4H2,1,3H3/b8-6-,9-7?. The summed E-state index contributed by atoms with van der Waals surface area (Å²) in [4.78, 5) is 3.86. The summed E-state index contributed by atoms with van der Waals surface area (Å²) >= 11 is 0. The van der Waals surface area contributed by atoms with Crippen LogP contribution in [0.4, 0.5) is 0 Å². The summed E-state index contributed by atoms with van der Waals surface area (Å²) in [6.45, 7) is 7.59. The average molecular weight is 123 g/mol. The Hall–Kier alpha value is -0.850. The lowest BCUT2D eigenvalue weighted by atomic mass is 10.3. The maximum atomic E-state index is 3.86. The zero-order valence-electron chi connectivity index (χ0n) is 6.09. The summed E-state index contributed by atoms with van der Waals surface area (Å²) in [6.07, 6.45) is 6.52. The molecule has 0 heterocycles. The Labute approximate surface area is 56.8 Å². The van der Waals surface area contributed by atoms with Crippen LogP contribution in [0.5, 0.6) is 0 Å². The van der Waals surface area contributed by atoms with Crippen molar-refractivity contribution in [2.45, 2.75) is 20.3 Å². The molecular weight excluding hydrogens is 110 g/mol. The molecule has 0 fully saturated rings. The van der Waals surface area contributed by atoms with Gasteiger partial charge in [-0.1, -0.05) is 19.6 Å². The molecule has 0 saturated heterocycles. The minimum absolute atomic E-state index is 1.06. The first kappa shape index (κ1) is 8.15. The first-order valence-corrected chi connectivity index (χ1v) is 3.12. The minimum Gasteiger partial charge on any atom is -0.265 e. The molecule has 0 aromatic heterocycles. The van der Waals surface area contributed by atoms with Gasteiger partial charge in [-0.15, -0.1) is 0 Å². The predicted molar refractivity (Wildman–Crippen MR) is 42.7 cm³/mol. The van der Waals surface area contributed by atoms with E-state index in [1.807, 2.05) is 6.92 Å². The molecule has 0 aromatic carbocycles. The normalized spacial score (nSPS) is 12.4. The zero-order chi connectivity index (χ0) is 7.11. The van der Waals surface area contributed by atoms with Crippen molar-refractivity contribution in [1.29, 1.82) is 0 Å². The maximum Gasteiger partial charge on any atom is 0.0293 e. The van der Waals surface area contributed by atoms with Gasteiger partial charge in [0.05, 0.1) is 0 Å². The van der Waals surface area contributed by atoms with Crippen molar-refractivity contribution in [3.8, 4) is 0 Å². The van der Waals surface area contributed by atoms with Gasteiger partial charge in [0.15, 0.2) is 0 Å². The van der Waals surface area contributed by atoms with Gasteiger partial charge in [0.2, 0.25) is 0 Å². The van der Waals surface area contributed by atoms with E-state index in [2.05, 4.69) is 24.6 Å². The molecule has 1 heteroatoms. The van der Waals surface area contributed by atoms with E-state index in [-0.39, 0.29) is 0 Å². The highest BCUT2D eigenvalue weighted by atomic mass is 14.6. The zero-order valence-corrected chi connectivity index (χ0v) is 6.09. The molecule has 0 radical (unpaired) electrons. The van der Waals surface area contributed by atoms with Gasteiger partial charge < -0.3 is 0 Å². The van der Waals surface area contributed by atoms with E-state index in [9.17, 15) is 0 Å². The summed E-state index contributed by atoms with van der Waals surface area (Å²) in [7, 11) is 0. The molecule has 0 aliphatic heterocycles. The third-order valence-corrected chi connectivity index (χ3v) is 0.910. The molecule has 0 N–H and O–H groups in total. The lowest BCUT2D eigenvalue weighted by Gasteiger charge is -1.85. The molecule has 50 valence electrons. The van der Waals surface area contributed by atoms with Crippen molar-refractivity contribution in [2.24, 2.45) is 4.99 Å². The van der Waals surface area contributed by atoms with E-state index in [1.54, 1.807) is 6.21 Å². The second-order valence-electron chi connectivity index (χ2n) is 1.82. The van der Waals surface area contributed by atoms with Crippen molar-refractivity contribution in [3.63, 3.8) is 0 Å². The van der Waals surface area contributed by atoms with Gasteiger partial charge in [-0.05, 0) is 18.9 Å². The number of hydrogen-bond donors (Lipinski definition) is 0. The fourth-order valence-corrected chi connectivity index (χ4v) is 0.545. The van der Waals surface area contributed by atoms with E-state index >= 15 is 0 Å². The highest BCUT2D eigenvalue weighted by Gasteiger charge is 1.76. The van der Waals surface area contributed by atoms with Crippen molar-refractivity contribution in [1.82, 2.24) is 0 Å². The molecule has 0 rings (SSSR count). The van der Waals surface area contributed by atoms with Gasteiger partial charge in [-0.3, -0.25) is 4.99 Å². The predicted octanol–water partition coefficient (Wildman–Crippen LogP) is 2.56. The van der Waals surface area contributed by atoms with E-state index < -0.39 is 0 Å². The lowest BCUT2D eigenvalue weighted by molar-refractivity contribution is 1.21.